The van der Waals surface area contributed by atoms with Gasteiger partial charge in [-0.3, -0.25) is 9.69 Å². The number of carbonyl (C=O) groups excluding carboxylic acids is 2. The lowest BCUT2D eigenvalue weighted by Crippen LogP contribution is -2.49. The summed E-state index contributed by atoms with van der Waals surface area (Å²) >= 11 is 4.70. The first-order valence-corrected chi connectivity index (χ1v) is 6.23. The maximum absolute atomic E-state index is 12.0. The number of rotatable bonds is 2. The van der Waals surface area contributed by atoms with Crippen molar-refractivity contribution in [1.82, 2.24) is 10.2 Å². The number of nitrogens with two attached hydrogens (primary N) is 1. The molecule has 0 bridgehead atoms. The van der Waals surface area contributed by atoms with Gasteiger partial charge in [0, 0.05) is 28.3 Å². The first kappa shape index (κ1) is 11.6. The minimum atomic E-state index is -1.09. The van der Waals surface area contributed by atoms with E-state index in [4.69, 9.17) is 5.73 Å². The van der Waals surface area contributed by atoms with Crippen molar-refractivity contribution in [1.29, 1.82) is 0 Å². The fourth-order valence-corrected chi connectivity index (χ4v) is 3.23. The number of nitrogens with one attached hydrogen (secondary N) is 1. The normalized spacial score (nSPS) is 25.1. The lowest BCUT2D eigenvalue weighted by Gasteiger charge is -2.22. The Morgan fingerprint density at radius 3 is 2.69 bits per heavy atom. The van der Waals surface area contributed by atoms with E-state index in [-0.39, 0.29) is 12.5 Å². The molecule has 1 unspecified atom stereocenters. The van der Waals surface area contributed by atoms with Gasteiger partial charge in [0.2, 0.25) is 0 Å². The van der Waals surface area contributed by atoms with Crippen molar-refractivity contribution < 1.29 is 9.59 Å². The molecule has 3 N–H and O–H groups in total. The summed E-state index contributed by atoms with van der Waals surface area (Å²) in [6, 6.07) is 1.38. The van der Waals surface area contributed by atoms with Crippen LogP contribution in [0.3, 0.4) is 0 Å². The molecule has 1 aromatic rings. The fraction of sp³-hybridized carbons (Fsp3) is 0.333. The minimum absolute atomic E-state index is 0.0505. The molecule has 0 radical (unpaired) electrons. The first-order valence-electron chi connectivity index (χ1n) is 4.56. The molecule has 5 nitrogen and oxygen atoms in total. The molecular weight excluding hydrogens is 294 g/mol. The zero-order valence-corrected chi connectivity index (χ0v) is 10.9. The highest BCUT2D eigenvalue weighted by molar-refractivity contribution is 9.10. The number of thiophene rings is 1. The predicted octanol–water partition coefficient (Wildman–Crippen LogP) is 0.846. The van der Waals surface area contributed by atoms with Gasteiger partial charge in [0.1, 0.15) is 0 Å². The number of urea groups is 1. The second kappa shape index (κ2) is 3.83. The molecule has 1 fully saturated rings. The van der Waals surface area contributed by atoms with Gasteiger partial charge in [0.15, 0.2) is 5.54 Å². The van der Waals surface area contributed by atoms with Crippen LogP contribution in [0.4, 0.5) is 4.79 Å². The molecule has 0 aromatic carbocycles. The van der Waals surface area contributed by atoms with Gasteiger partial charge in [-0.15, -0.1) is 11.3 Å². The highest BCUT2D eigenvalue weighted by Gasteiger charge is 2.51. The number of amides is 3. The van der Waals surface area contributed by atoms with Crippen LogP contribution in [-0.2, 0) is 10.3 Å². The quantitative estimate of drug-likeness (QED) is 0.795. The Bertz CT molecular complexity index is 461. The average Bonchev–Trinajstić information content (AvgIpc) is 2.78. The highest BCUT2D eigenvalue weighted by Crippen LogP contribution is 2.33. The van der Waals surface area contributed by atoms with E-state index in [0.29, 0.717) is 0 Å². The second-order valence-corrected chi connectivity index (χ2v) is 5.36. The van der Waals surface area contributed by atoms with Gasteiger partial charge < -0.3 is 11.1 Å². The van der Waals surface area contributed by atoms with Crippen LogP contribution in [0.15, 0.2) is 15.9 Å². The highest BCUT2D eigenvalue weighted by atomic mass is 79.9. The lowest BCUT2D eigenvalue weighted by atomic mass is 9.98. The molecular formula is C9H10BrN3O2S. The van der Waals surface area contributed by atoms with Crippen LogP contribution < -0.4 is 11.1 Å². The number of nitrogens with zero attached hydrogens (tertiary/aromatic N) is 1. The van der Waals surface area contributed by atoms with Gasteiger partial charge in [-0.25, -0.2) is 4.79 Å². The molecule has 1 aliphatic rings. The Morgan fingerprint density at radius 1 is 1.62 bits per heavy atom. The molecule has 0 aliphatic carbocycles. The van der Waals surface area contributed by atoms with Gasteiger partial charge in [-0.1, -0.05) is 0 Å². The molecule has 1 saturated heterocycles. The van der Waals surface area contributed by atoms with E-state index in [2.05, 4.69) is 21.2 Å². The third kappa shape index (κ3) is 1.47. The third-order valence-corrected chi connectivity index (χ3v) is 4.44. The zero-order chi connectivity index (χ0) is 11.9. The molecule has 3 amide bonds. The Hall–Kier alpha value is -0.920. The molecule has 16 heavy (non-hydrogen) atoms. The zero-order valence-electron chi connectivity index (χ0n) is 8.49. The molecule has 7 heteroatoms. The molecule has 0 spiro atoms. The van der Waals surface area contributed by atoms with E-state index in [1.807, 2.05) is 5.38 Å². The van der Waals surface area contributed by atoms with Gasteiger partial charge >= 0.3 is 6.03 Å². The van der Waals surface area contributed by atoms with E-state index in [1.54, 1.807) is 6.07 Å². The maximum atomic E-state index is 12.0. The van der Waals surface area contributed by atoms with E-state index >= 15 is 0 Å². The van der Waals surface area contributed by atoms with E-state index in [9.17, 15) is 9.59 Å². The van der Waals surface area contributed by atoms with Crippen molar-refractivity contribution in [2.45, 2.75) is 5.54 Å². The topological polar surface area (TPSA) is 75.4 Å². The van der Waals surface area contributed by atoms with Crippen molar-refractivity contribution in [2.75, 3.05) is 13.6 Å². The predicted molar refractivity (Wildman–Crippen MR) is 64.1 cm³/mol. The van der Waals surface area contributed by atoms with Crippen LogP contribution in [0, 0.1) is 0 Å². The first-order chi connectivity index (χ1) is 7.51. The summed E-state index contributed by atoms with van der Waals surface area (Å²) in [5, 5.41) is 4.50. The van der Waals surface area contributed by atoms with Crippen LogP contribution in [0.2, 0.25) is 0 Å². The monoisotopic (exact) mass is 303 g/mol. The Labute approximate surface area is 105 Å². The molecule has 1 aromatic heterocycles. The van der Waals surface area contributed by atoms with Gasteiger partial charge in [-0.05, 0) is 22.0 Å². The summed E-state index contributed by atoms with van der Waals surface area (Å²) in [6.07, 6.45) is 0. The summed E-state index contributed by atoms with van der Waals surface area (Å²) in [7, 11) is 1.44. The smallest absolute Gasteiger partial charge is 0.325 e. The molecule has 86 valence electrons. The lowest BCUT2D eigenvalue weighted by molar-refractivity contribution is -0.130. The Morgan fingerprint density at radius 2 is 2.31 bits per heavy atom. The van der Waals surface area contributed by atoms with E-state index < -0.39 is 11.6 Å². The molecule has 1 atom stereocenters. The summed E-state index contributed by atoms with van der Waals surface area (Å²) in [5.41, 5.74) is 4.56. The largest absolute Gasteiger partial charge is 0.327 e. The van der Waals surface area contributed by atoms with Crippen LogP contribution in [0.5, 0.6) is 0 Å². The van der Waals surface area contributed by atoms with E-state index in [0.717, 1.165) is 14.2 Å². The van der Waals surface area contributed by atoms with Gasteiger partial charge in [-0.2, -0.15) is 0 Å². The van der Waals surface area contributed by atoms with Crippen LogP contribution in [0.25, 0.3) is 0 Å². The van der Waals surface area contributed by atoms with Gasteiger partial charge in [0.25, 0.3) is 5.91 Å². The number of carbonyl (C=O) groups is 2. The number of likely N-dealkylation sites (N-methyl/N-ethyl adjacent to an activating group) is 1. The van der Waals surface area contributed by atoms with Crippen LogP contribution >= 0.6 is 27.3 Å². The van der Waals surface area contributed by atoms with Crippen molar-refractivity contribution in [2.24, 2.45) is 5.73 Å². The summed E-state index contributed by atoms with van der Waals surface area (Å²) in [5.74, 6) is -0.311. The number of hydrogen-bond donors (Lipinski definition) is 2. The van der Waals surface area contributed by atoms with Crippen molar-refractivity contribution in [3.63, 3.8) is 0 Å². The summed E-state index contributed by atoms with van der Waals surface area (Å²) < 4.78 is 0.872. The van der Waals surface area contributed by atoms with Crippen LogP contribution in [-0.4, -0.2) is 30.4 Å². The maximum Gasteiger partial charge on any atom is 0.325 e. The van der Waals surface area contributed by atoms with Crippen molar-refractivity contribution >= 4 is 39.2 Å². The standard InChI is InChI=1S/C9H10BrN3O2S/c1-13-7(14)9(4-11,12-8(13)15)6-2-5(10)3-16-6/h2-3H,4,11H2,1H3,(H,12,15). The Kier molecular flexibility index (Phi) is 2.77. The fourth-order valence-electron chi connectivity index (χ4n) is 1.64. The third-order valence-electron chi connectivity index (χ3n) is 2.59. The summed E-state index contributed by atoms with van der Waals surface area (Å²) in [6.45, 7) is 0.0505. The molecule has 2 rings (SSSR count). The second-order valence-electron chi connectivity index (χ2n) is 3.53. The Balaban J connectivity index is 2.49. The summed E-state index contributed by atoms with van der Waals surface area (Å²) in [4.78, 5) is 25.3. The van der Waals surface area contributed by atoms with Crippen molar-refractivity contribution in [3.8, 4) is 0 Å². The molecule has 1 aliphatic heterocycles. The van der Waals surface area contributed by atoms with Gasteiger partial charge in [0.05, 0.1) is 0 Å². The van der Waals surface area contributed by atoms with E-state index in [1.165, 1.54) is 18.4 Å². The minimum Gasteiger partial charge on any atom is -0.327 e. The van der Waals surface area contributed by atoms with Crippen LogP contribution in [0.1, 0.15) is 4.88 Å². The molecule has 0 saturated carbocycles. The molecule has 2 heterocycles. The van der Waals surface area contributed by atoms with Crippen molar-refractivity contribution in [3.05, 3.63) is 20.8 Å². The number of halogens is 1. The SMILES string of the molecule is CN1C(=O)NC(CN)(c2cc(Br)cs2)C1=O. The number of imide groups is 1. The average molecular weight is 304 g/mol. The number of hydrogen-bond acceptors (Lipinski definition) is 4.